The highest BCUT2D eigenvalue weighted by atomic mass is 32.2. The molecule has 4 N–H and O–H groups in total. The van der Waals surface area contributed by atoms with E-state index >= 15 is 0 Å². The number of nitrogens with zero attached hydrogens (tertiary/aromatic N) is 1. The molecule has 1 aromatic heterocycles. The Morgan fingerprint density at radius 3 is 2.39 bits per heavy atom. The Morgan fingerprint density at radius 2 is 1.69 bits per heavy atom. The number of hydrogen-bond acceptors (Lipinski definition) is 8. The van der Waals surface area contributed by atoms with Gasteiger partial charge >= 0.3 is 0 Å². The van der Waals surface area contributed by atoms with Gasteiger partial charge in [-0.3, -0.25) is 14.4 Å². The number of carbonyl (C=O) groups is 3. The molecule has 0 fully saturated rings. The average molecular weight is 689 g/mol. The first-order valence-corrected chi connectivity index (χ1v) is 17.0. The normalized spacial score (nSPS) is 11.6. The van der Waals surface area contributed by atoms with Crippen LogP contribution in [0.15, 0.2) is 119 Å². The molecule has 5 aromatic rings. The molecule has 11 heteroatoms. The van der Waals surface area contributed by atoms with Gasteiger partial charge in [-0.05, 0) is 60.5 Å². The molecule has 1 heterocycles. The second-order valence-corrected chi connectivity index (χ2v) is 12.8. The number of phenolic OH excluding ortho intramolecular Hbond substituents is 1. The second-order valence-electron chi connectivity index (χ2n) is 10.6. The van der Waals surface area contributed by atoms with Crippen LogP contribution in [0.2, 0.25) is 0 Å². The van der Waals surface area contributed by atoms with Gasteiger partial charge in [0, 0.05) is 38.7 Å². The summed E-state index contributed by atoms with van der Waals surface area (Å²) in [5.74, 6) is -1.03. The summed E-state index contributed by atoms with van der Waals surface area (Å²) in [6.07, 6.45) is 1.98. The van der Waals surface area contributed by atoms with Gasteiger partial charge in [0.05, 0.1) is 17.9 Å². The first-order chi connectivity index (χ1) is 23.8. The van der Waals surface area contributed by atoms with Gasteiger partial charge in [0.15, 0.2) is 0 Å². The van der Waals surface area contributed by atoms with Crippen LogP contribution in [0.5, 0.6) is 11.5 Å². The number of methoxy groups -OCH3 is 1. The van der Waals surface area contributed by atoms with Crippen molar-refractivity contribution < 1.29 is 24.2 Å². The highest BCUT2D eigenvalue weighted by Crippen LogP contribution is 2.36. The van der Waals surface area contributed by atoms with E-state index in [1.54, 1.807) is 54.6 Å². The molecule has 4 aromatic carbocycles. The lowest BCUT2D eigenvalue weighted by Gasteiger charge is -2.16. The fourth-order valence-electron chi connectivity index (χ4n) is 4.83. The molecule has 0 saturated carbocycles. The van der Waals surface area contributed by atoms with Crippen molar-refractivity contribution in [3.63, 3.8) is 0 Å². The van der Waals surface area contributed by atoms with Crippen LogP contribution in [0.1, 0.15) is 34.8 Å². The van der Waals surface area contributed by atoms with Gasteiger partial charge in [-0.25, -0.2) is 0 Å². The average Bonchev–Trinajstić information content (AvgIpc) is 3.53. The highest BCUT2D eigenvalue weighted by molar-refractivity contribution is 8.00. The Hall–Kier alpha value is -5.83. The molecule has 5 rings (SSSR count). The van der Waals surface area contributed by atoms with Crippen LogP contribution in [-0.2, 0) is 9.59 Å². The molecule has 0 aliphatic heterocycles. The summed E-state index contributed by atoms with van der Waals surface area (Å²) in [7, 11) is 1.44. The zero-order valence-electron chi connectivity index (χ0n) is 26.6. The van der Waals surface area contributed by atoms with E-state index in [1.807, 2.05) is 48.7 Å². The predicted molar refractivity (Wildman–Crippen MR) is 195 cm³/mol. The van der Waals surface area contributed by atoms with Crippen molar-refractivity contribution in [3.8, 4) is 28.7 Å². The quantitative estimate of drug-likeness (QED) is 0.0771. The predicted octanol–water partition coefficient (Wildman–Crippen LogP) is 7.92. The lowest BCUT2D eigenvalue weighted by molar-refractivity contribution is -0.116. The minimum Gasteiger partial charge on any atom is -0.508 e. The number of hydrogen-bond donors (Lipinski definition) is 4. The van der Waals surface area contributed by atoms with E-state index in [0.717, 1.165) is 16.0 Å². The largest absolute Gasteiger partial charge is 0.508 e. The fraction of sp³-hybridized carbons (Fsp3) is 0.105. The Kier molecular flexibility index (Phi) is 11.5. The van der Waals surface area contributed by atoms with E-state index in [0.29, 0.717) is 39.5 Å². The Balaban J connectivity index is 1.33. The number of thiophene rings is 1. The molecule has 1 unspecified atom stereocenters. The van der Waals surface area contributed by atoms with E-state index in [4.69, 9.17) is 4.74 Å². The maximum absolute atomic E-state index is 13.6. The van der Waals surface area contributed by atoms with Crippen molar-refractivity contribution in [3.05, 3.63) is 131 Å². The van der Waals surface area contributed by atoms with E-state index in [-0.39, 0.29) is 17.4 Å². The molecule has 9 nitrogen and oxygen atoms in total. The number of amides is 3. The molecule has 49 heavy (non-hydrogen) atoms. The van der Waals surface area contributed by atoms with Crippen LogP contribution in [0.3, 0.4) is 0 Å². The summed E-state index contributed by atoms with van der Waals surface area (Å²) in [5.41, 5.74) is 3.30. The smallest absolute Gasteiger partial charge is 0.272 e. The number of carbonyl (C=O) groups excluding carboxylic acids is 3. The summed E-state index contributed by atoms with van der Waals surface area (Å²) in [6.45, 7) is 1.90. The lowest BCUT2D eigenvalue weighted by Crippen LogP contribution is -2.30. The number of thioether (sulfide) groups is 1. The fourth-order valence-corrected chi connectivity index (χ4v) is 6.77. The topological polar surface area (TPSA) is 141 Å². The van der Waals surface area contributed by atoms with Crippen molar-refractivity contribution in [2.75, 3.05) is 17.7 Å². The Labute approximate surface area is 292 Å². The number of benzene rings is 4. The number of nitriles is 1. The molecule has 0 radical (unpaired) electrons. The standard InChI is InChI=1S/C38H32N4O5S2/c1-3-34(37(46)42-38-30(22-39)31(23-48-38)24-11-6-4-7-12-24)49-29-16-10-15-27(20-29)40-36(45)32(41-35(44)25-13-8-5-9-14-25)19-26-17-18-28(43)21-33(26)47-2/h4-21,23,34,43H,3H2,1-2H3,(H,40,45)(H,41,44)(H,42,46)/b32-19+. The SMILES string of the molecule is CCC(Sc1cccc(NC(=O)/C(=C\c2ccc(O)cc2OC)NC(=O)c2ccccc2)c1)C(=O)Nc1scc(-c2ccccc2)c1C#N. The first kappa shape index (κ1) is 34.5. The van der Waals surface area contributed by atoms with Gasteiger partial charge in [-0.2, -0.15) is 5.26 Å². The number of ether oxygens (including phenoxy) is 1. The highest BCUT2D eigenvalue weighted by Gasteiger charge is 2.22. The van der Waals surface area contributed by atoms with Crippen LogP contribution in [0.25, 0.3) is 17.2 Å². The van der Waals surface area contributed by atoms with Crippen LogP contribution >= 0.6 is 23.1 Å². The molecule has 3 amide bonds. The summed E-state index contributed by atoms with van der Waals surface area (Å²) in [6, 6.07) is 31.8. The molecule has 1 atom stereocenters. The second kappa shape index (κ2) is 16.3. The third-order valence-corrected chi connectivity index (χ3v) is 9.56. The zero-order valence-corrected chi connectivity index (χ0v) is 28.2. The van der Waals surface area contributed by atoms with Gasteiger partial charge in [0.25, 0.3) is 11.8 Å². The van der Waals surface area contributed by atoms with Crippen molar-refractivity contribution in [1.82, 2.24) is 5.32 Å². The van der Waals surface area contributed by atoms with E-state index < -0.39 is 17.1 Å². The lowest BCUT2D eigenvalue weighted by atomic mass is 10.1. The molecule has 0 aliphatic rings. The van der Waals surface area contributed by atoms with Crippen molar-refractivity contribution in [2.45, 2.75) is 23.5 Å². The van der Waals surface area contributed by atoms with Gasteiger partial charge in [-0.15, -0.1) is 23.1 Å². The molecule has 0 aliphatic carbocycles. The van der Waals surface area contributed by atoms with Crippen molar-refractivity contribution in [2.24, 2.45) is 0 Å². The number of aromatic hydroxyl groups is 1. The molecule has 0 bridgehead atoms. The van der Waals surface area contributed by atoms with E-state index in [9.17, 15) is 24.8 Å². The van der Waals surface area contributed by atoms with E-state index in [1.165, 1.54) is 48.4 Å². The monoisotopic (exact) mass is 688 g/mol. The Bertz CT molecular complexity index is 2040. The zero-order chi connectivity index (χ0) is 34.8. The number of phenols is 1. The third-order valence-electron chi connectivity index (χ3n) is 7.30. The van der Waals surface area contributed by atoms with Crippen molar-refractivity contribution in [1.29, 1.82) is 5.26 Å². The maximum atomic E-state index is 13.6. The minimum atomic E-state index is -0.595. The summed E-state index contributed by atoms with van der Waals surface area (Å²) in [4.78, 5) is 40.8. The molecular formula is C38H32N4O5S2. The minimum absolute atomic E-state index is 0.0143. The van der Waals surface area contributed by atoms with Gasteiger partial charge in [0.1, 0.15) is 28.3 Å². The van der Waals surface area contributed by atoms with Gasteiger partial charge in [0.2, 0.25) is 5.91 Å². The van der Waals surface area contributed by atoms with Crippen LogP contribution < -0.4 is 20.7 Å². The summed E-state index contributed by atoms with van der Waals surface area (Å²) in [5, 5.41) is 30.1. The Morgan fingerprint density at radius 1 is 0.959 bits per heavy atom. The molecule has 0 spiro atoms. The number of anilines is 2. The van der Waals surface area contributed by atoms with Crippen LogP contribution in [-0.4, -0.2) is 35.2 Å². The van der Waals surface area contributed by atoms with Crippen LogP contribution in [0.4, 0.5) is 10.7 Å². The molecular weight excluding hydrogens is 657 g/mol. The third kappa shape index (κ3) is 8.75. The van der Waals surface area contributed by atoms with Gasteiger partial charge < -0.3 is 25.8 Å². The number of rotatable bonds is 12. The maximum Gasteiger partial charge on any atom is 0.272 e. The number of nitrogens with one attached hydrogen (secondary N) is 3. The summed E-state index contributed by atoms with van der Waals surface area (Å²) >= 11 is 2.64. The summed E-state index contributed by atoms with van der Waals surface area (Å²) < 4.78 is 5.37. The first-order valence-electron chi connectivity index (χ1n) is 15.2. The van der Waals surface area contributed by atoms with Crippen molar-refractivity contribution >= 4 is 57.6 Å². The van der Waals surface area contributed by atoms with E-state index in [2.05, 4.69) is 22.0 Å². The van der Waals surface area contributed by atoms with Gasteiger partial charge in [-0.1, -0.05) is 61.5 Å². The molecule has 0 saturated heterocycles. The molecule has 246 valence electrons. The van der Waals surface area contributed by atoms with Crippen LogP contribution in [0, 0.1) is 11.3 Å².